The Hall–Kier alpha value is -2.44. The van der Waals surface area contributed by atoms with Crippen molar-refractivity contribution in [2.75, 3.05) is 26.2 Å². The van der Waals surface area contributed by atoms with E-state index in [2.05, 4.69) is 5.32 Å². The Morgan fingerprint density at radius 3 is 2.50 bits per heavy atom. The Labute approximate surface area is 177 Å². The van der Waals surface area contributed by atoms with Gasteiger partial charge in [-0.1, -0.05) is 25.1 Å². The maximum absolute atomic E-state index is 13.7. The Balaban J connectivity index is 1.45. The standard InChI is InChI=1S/C23H32FN3O3/c1-2-21(28)27-14-6-5-9-20(27)23(30)26-15-11-18(12-16-26)22(29)25-13-10-17-7-3-4-8-19(17)24/h3-4,7-8,18,20H,2,5-6,9-16H2,1H3,(H,25,29). The first kappa shape index (κ1) is 22.2. The number of carbonyl (C=O) groups excluding carboxylic acids is 3. The molecule has 0 radical (unpaired) electrons. The van der Waals surface area contributed by atoms with Crippen molar-refractivity contribution in [2.45, 2.75) is 57.9 Å². The molecular formula is C23H32FN3O3. The fourth-order valence-electron chi connectivity index (χ4n) is 4.43. The summed E-state index contributed by atoms with van der Waals surface area (Å²) >= 11 is 0. The van der Waals surface area contributed by atoms with Gasteiger partial charge in [-0.2, -0.15) is 0 Å². The molecule has 0 aliphatic carbocycles. The van der Waals surface area contributed by atoms with Gasteiger partial charge in [-0.25, -0.2) is 4.39 Å². The molecule has 1 aromatic rings. The molecule has 2 fully saturated rings. The molecule has 7 heteroatoms. The van der Waals surface area contributed by atoms with Gasteiger partial charge in [-0.05, 0) is 50.2 Å². The Kier molecular flexibility index (Phi) is 7.82. The highest BCUT2D eigenvalue weighted by molar-refractivity contribution is 5.88. The van der Waals surface area contributed by atoms with E-state index in [1.165, 1.54) is 6.07 Å². The molecule has 3 rings (SSSR count). The van der Waals surface area contributed by atoms with Gasteiger partial charge in [0.15, 0.2) is 0 Å². The molecule has 0 bridgehead atoms. The summed E-state index contributed by atoms with van der Waals surface area (Å²) in [7, 11) is 0. The van der Waals surface area contributed by atoms with Gasteiger partial charge >= 0.3 is 0 Å². The highest BCUT2D eigenvalue weighted by atomic mass is 19.1. The van der Waals surface area contributed by atoms with Crippen molar-refractivity contribution in [1.29, 1.82) is 0 Å². The molecular weight excluding hydrogens is 385 g/mol. The number of piperidine rings is 2. The predicted molar refractivity (Wildman–Crippen MR) is 112 cm³/mol. The quantitative estimate of drug-likeness (QED) is 0.773. The van der Waals surface area contributed by atoms with Crippen molar-refractivity contribution in [2.24, 2.45) is 5.92 Å². The molecule has 2 aliphatic heterocycles. The van der Waals surface area contributed by atoms with Crippen LogP contribution in [0.25, 0.3) is 0 Å². The number of carbonyl (C=O) groups is 3. The van der Waals surface area contributed by atoms with E-state index in [-0.39, 0.29) is 35.5 Å². The van der Waals surface area contributed by atoms with Crippen LogP contribution >= 0.6 is 0 Å². The number of rotatable bonds is 6. The Morgan fingerprint density at radius 2 is 1.80 bits per heavy atom. The van der Waals surface area contributed by atoms with E-state index < -0.39 is 0 Å². The van der Waals surface area contributed by atoms with Crippen LogP contribution in [-0.2, 0) is 20.8 Å². The molecule has 2 aliphatic rings. The largest absolute Gasteiger partial charge is 0.356 e. The third-order valence-electron chi connectivity index (χ3n) is 6.24. The summed E-state index contributed by atoms with van der Waals surface area (Å²) < 4.78 is 13.7. The second-order valence-corrected chi connectivity index (χ2v) is 8.18. The first-order valence-electron chi connectivity index (χ1n) is 11.1. The maximum Gasteiger partial charge on any atom is 0.245 e. The summed E-state index contributed by atoms with van der Waals surface area (Å²) in [6.07, 6.45) is 4.74. The van der Waals surface area contributed by atoms with Crippen LogP contribution in [0.1, 0.15) is 51.0 Å². The van der Waals surface area contributed by atoms with Gasteiger partial charge in [0.2, 0.25) is 17.7 Å². The minimum Gasteiger partial charge on any atom is -0.356 e. The molecule has 0 aromatic heterocycles. The van der Waals surface area contributed by atoms with Crippen LogP contribution in [0.5, 0.6) is 0 Å². The second-order valence-electron chi connectivity index (χ2n) is 8.18. The number of likely N-dealkylation sites (tertiary alicyclic amines) is 2. The average Bonchev–Trinajstić information content (AvgIpc) is 2.79. The lowest BCUT2D eigenvalue weighted by molar-refractivity contribution is -0.149. The molecule has 2 saturated heterocycles. The van der Waals surface area contributed by atoms with Crippen molar-refractivity contribution in [3.63, 3.8) is 0 Å². The maximum atomic E-state index is 13.7. The Bertz CT molecular complexity index is 762. The fourth-order valence-corrected chi connectivity index (χ4v) is 4.43. The number of nitrogens with zero attached hydrogens (tertiary/aromatic N) is 2. The number of hydrogen-bond donors (Lipinski definition) is 1. The number of amides is 3. The summed E-state index contributed by atoms with van der Waals surface area (Å²) in [6.45, 7) is 3.96. The number of nitrogens with one attached hydrogen (secondary N) is 1. The molecule has 164 valence electrons. The summed E-state index contributed by atoms with van der Waals surface area (Å²) in [4.78, 5) is 41.3. The highest BCUT2D eigenvalue weighted by Gasteiger charge is 2.36. The zero-order valence-electron chi connectivity index (χ0n) is 17.7. The zero-order valence-corrected chi connectivity index (χ0v) is 17.7. The smallest absolute Gasteiger partial charge is 0.245 e. The molecule has 1 N–H and O–H groups in total. The van der Waals surface area contributed by atoms with Gasteiger partial charge < -0.3 is 15.1 Å². The minimum atomic E-state index is -0.350. The van der Waals surface area contributed by atoms with Gasteiger partial charge in [0.1, 0.15) is 11.9 Å². The first-order valence-corrected chi connectivity index (χ1v) is 11.1. The number of benzene rings is 1. The third kappa shape index (κ3) is 5.37. The normalized spacial score (nSPS) is 20.1. The van der Waals surface area contributed by atoms with Crippen molar-refractivity contribution in [3.8, 4) is 0 Å². The van der Waals surface area contributed by atoms with Crippen molar-refractivity contribution >= 4 is 17.7 Å². The van der Waals surface area contributed by atoms with Crippen molar-refractivity contribution < 1.29 is 18.8 Å². The lowest BCUT2D eigenvalue weighted by Crippen LogP contribution is -2.54. The van der Waals surface area contributed by atoms with E-state index in [9.17, 15) is 18.8 Å². The van der Waals surface area contributed by atoms with Crippen molar-refractivity contribution in [3.05, 3.63) is 35.6 Å². The summed E-state index contributed by atoms with van der Waals surface area (Å²) in [5, 5.41) is 2.90. The van der Waals surface area contributed by atoms with Crippen LogP contribution in [0, 0.1) is 11.7 Å². The van der Waals surface area contributed by atoms with E-state index in [0.29, 0.717) is 57.4 Å². The summed E-state index contributed by atoms with van der Waals surface area (Å²) in [6, 6.07) is 6.23. The predicted octanol–water partition coefficient (Wildman–Crippen LogP) is 2.51. The van der Waals surface area contributed by atoms with Crippen LogP contribution in [0.15, 0.2) is 24.3 Å². The Morgan fingerprint density at radius 1 is 1.07 bits per heavy atom. The molecule has 0 spiro atoms. The number of halogens is 1. The van der Waals surface area contributed by atoms with E-state index in [4.69, 9.17) is 0 Å². The lowest BCUT2D eigenvalue weighted by atomic mass is 9.94. The van der Waals surface area contributed by atoms with Crippen LogP contribution < -0.4 is 5.32 Å². The third-order valence-corrected chi connectivity index (χ3v) is 6.24. The summed E-state index contributed by atoms with van der Waals surface area (Å²) in [5.74, 6) is -0.350. The van der Waals surface area contributed by atoms with Crippen LogP contribution in [0.2, 0.25) is 0 Å². The molecule has 1 atom stereocenters. The minimum absolute atomic E-state index is 0.0231. The molecule has 3 amide bonds. The molecule has 6 nitrogen and oxygen atoms in total. The van der Waals surface area contributed by atoms with Gasteiger partial charge in [-0.15, -0.1) is 0 Å². The van der Waals surface area contributed by atoms with E-state index in [0.717, 1.165) is 19.3 Å². The van der Waals surface area contributed by atoms with Crippen molar-refractivity contribution in [1.82, 2.24) is 15.1 Å². The topological polar surface area (TPSA) is 69.7 Å². The molecule has 1 aromatic carbocycles. The van der Waals surface area contributed by atoms with Gasteiger partial charge in [0.05, 0.1) is 0 Å². The SMILES string of the molecule is CCC(=O)N1CCCCC1C(=O)N1CCC(C(=O)NCCc2ccccc2F)CC1. The molecule has 1 unspecified atom stereocenters. The van der Waals surface area contributed by atoms with E-state index in [1.807, 2.05) is 11.8 Å². The monoisotopic (exact) mass is 417 g/mol. The zero-order chi connectivity index (χ0) is 21.5. The number of hydrogen-bond acceptors (Lipinski definition) is 3. The lowest BCUT2D eigenvalue weighted by Gasteiger charge is -2.39. The molecule has 0 saturated carbocycles. The summed E-state index contributed by atoms with van der Waals surface area (Å²) in [5.41, 5.74) is 0.594. The fraction of sp³-hybridized carbons (Fsp3) is 0.609. The van der Waals surface area contributed by atoms with Gasteiger partial charge in [0.25, 0.3) is 0 Å². The molecule has 30 heavy (non-hydrogen) atoms. The van der Waals surface area contributed by atoms with Crippen LogP contribution in [-0.4, -0.2) is 59.7 Å². The average molecular weight is 418 g/mol. The highest BCUT2D eigenvalue weighted by Crippen LogP contribution is 2.24. The van der Waals surface area contributed by atoms with E-state index in [1.54, 1.807) is 23.1 Å². The van der Waals surface area contributed by atoms with Gasteiger partial charge in [-0.3, -0.25) is 14.4 Å². The van der Waals surface area contributed by atoms with Crippen LogP contribution in [0.4, 0.5) is 4.39 Å². The molecule has 2 heterocycles. The first-order chi connectivity index (χ1) is 14.5. The van der Waals surface area contributed by atoms with Crippen LogP contribution in [0.3, 0.4) is 0 Å². The van der Waals surface area contributed by atoms with E-state index >= 15 is 0 Å². The second kappa shape index (κ2) is 10.5. The van der Waals surface area contributed by atoms with Gasteiger partial charge in [0, 0.05) is 38.5 Å².